The third-order valence-corrected chi connectivity index (χ3v) is 3.47. The Morgan fingerprint density at radius 3 is 2.75 bits per heavy atom. The maximum Gasteiger partial charge on any atom is 0.351 e. The summed E-state index contributed by atoms with van der Waals surface area (Å²) in [6, 6.07) is 0. The van der Waals surface area contributed by atoms with E-state index < -0.39 is 35.4 Å². The third-order valence-electron chi connectivity index (χ3n) is 3.47. The molecule has 2 aliphatic heterocycles. The first kappa shape index (κ1) is 13.5. The quantitative estimate of drug-likeness (QED) is 0.803. The van der Waals surface area contributed by atoms with Crippen LogP contribution in [0.1, 0.15) is 27.0 Å². The van der Waals surface area contributed by atoms with E-state index in [0.717, 1.165) is 10.8 Å². The number of nitrogen functional groups attached to an aromatic ring is 1. The van der Waals surface area contributed by atoms with Gasteiger partial charge in [-0.15, -0.1) is 0 Å². The van der Waals surface area contributed by atoms with Crippen LogP contribution < -0.4 is 11.4 Å². The van der Waals surface area contributed by atoms with Crippen molar-refractivity contribution in [3.8, 4) is 0 Å². The molecule has 0 aromatic carbocycles. The Kier molecular flexibility index (Phi) is 2.86. The van der Waals surface area contributed by atoms with Crippen LogP contribution in [-0.4, -0.2) is 33.7 Å². The van der Waals surface area contributed by atoms with E-state index in [2.05, 4.69) is 4.98 Å². The molecule has 4 atom stereocenters. The molecule has 2 saturated heterocycles. The van der Waals surface area contributed by atoms with Crippen molar-refractivity contribution in [1.82, 2.24) is 9.55 Å². The van der Waals surface area contributed by atoms with Crippen molar-refractivity contribution >= 4 is 5.82 Å². The van der Waals surface area contributed by atoms with Crippen LogP contribution in [0.3, 0.4) is 0 Å². The van der Waals surface area contributed by atoms with Gasteiger partial charge in [0.05, 0.1) is 12.3 Å². The van der Waals surface area contributed by atoms with Crippen molar-refractivity contribution in [2.24, 2.45) is 0 Å². The molecule has 2 N–H and O–H groups in total. The molecular weight excluding hydrogens is 269 g/mol. The summed E-state index contributed by atoms with van der Waals surface area (Å²) in [5.41, 5.74) is 4.58. The summed E-state index contributed by atoms with van der Waals surface area (Å²) >= 11 is 0. The summed E-state index contributed by atoms with van der Waals surface area (Å²) in [5.74, 6) is -1.98. The monoisotopic (exact) mass is 285 g/mol. The molecule has 1 aromatic rings. The Morgan fingerprint density at radius 1 is 1.40 bits per heavy atom. The first-order chi connectivity index (χ1) is 9.28. The van der Waals surface area contributed by atoms with Gasteiger partial charge in [-0.1, -0.05) is 0 Å². The minimum Gasteiger partial charge on any atom is -0.381 e. The smallest absolute Gasteiger partial charge is 0.351 e. The van der Waals surface area contributed by atoms with Gasteiger partial charge in [-0.25, -0.2) is 9.18 Å². The van der Waals surface area contributed by atoms with Crippen molar-refractivity contribution in [1.29, 1.82) is 0 Å². The molecule has 0 saturated carbocycles. The van der Waals surface area contributed by atoms with Crippen molar-refractivity contribution in [3.05, 3.63) is 22.5 Å². The van der Waals surface area contributed by atoms with Gasteiger partial charge in [0, 0.05) is 0 Å². The lowest BCUT2D eigenvalue weighted by molar-refractivity contribution is -0.195. The molecule has 7 nitrogen and oxygen atoms in total. The highest BCUT2D eigenvalue weighted by Crippen LogP contribution is 2.42. The molecular formula is C12H16FN3O4. The first-order valence-corrected chi connectivity index (χ1v) is 6.34. The van der Waals surface area contributed by atoms with E-state index in [-0.39, 0.29) is 12.2 Å². The zero-order valence-electron chi connectivity index (χ0n) is 11.4. The highest BCUT2D eigenvalue weighted by Gasteiger charge is 2.54. The van der Waals surface area contributed by atoms with Gasteiger partial charge in [-0.3, -0.25) is 4.57 Å². The van der Waals surface area contributed by atoms with E-state index >= 15 is 0 Å². The van der Waals surface area contributed by atoms with Gasteiger partial charge in [0.15, 0.2) is 23.7 Å². The lowest BCUT2D eigenvalue weighted by Gasteiger charge is -2.23. The van der Waals surface area contributed by atoms with Gasteiger partial charge in [-0.2, -0.15) is 4.98 Å². The second-order valence-corrected chi connectivity index (χ2v) is 5.46. The SMILES string of the molecule is C[C@H]1O[C@@H](n2cc(F)c(N)nc2=O)[C@@H]2OC(C)(C)O[C@@H]21. The number of hydrogen-bond acceptors (Lipinski definition) is 6. The van der Waals surface area contributed by atoms with Crippen molar-refractivity contribution in [2.45, 2.75) is 51.1 Å². The number of aromatic nitrogens is 2. The number of ether oxygens (including phenoxy) is 3. The molecule has 0 amide bonds. The third kappa shape index (κ3) is 2.00. The van der Waals surface area contributed by atoms with E-state index in [4.69, 9.17) is 19.9 Å². The Hall–Kier alpha value is -1.51. The molecule has 3 heterocycles. The average molecular weight is 285 g/mol. The largest absolute Gasteiger partial charge is 0.381 e. The molecule has 3 rings (SSSR count). The fourth-order valence-electron chi connectivity index (χ4n) is 2.64. The molecule has 1 aromatic heterocycles. The van der Waals surface area contributed by atoms with Gasteiger partial charge in [0.1, 0.15) is 12.2 Å². The molecule has 0 bridgehead atoms. The van der Waals surface area contributed by atoms with E-state index in [1.54, 1.807) is 13.8 Å². The highest BCUT2D eigenvalue weighted by molar-refractivity contribution is 5.26. The number of anilines is 1. The lowest BCUT2D eigenvalue weighted by Crippen LogP contribution is -2.35. The molecule has 0 spiro atoms. The summed E-state index contributed by atoms with van der Waals surface area (Å²) in [6.45, 7) is 5.37. The number of nitrogens with zero attached hydrogens (tertiary/aromatic N) is 2. The number of nitrogens with two attached hydrogens (primary N) is 1. The first-order valence-electron chi connectivity index (χ1n) is 6.34. The molecule has 110 valence electrons. The molecule has 8 heteroatoms. The predicted molar refractivity (Wildman–Crippen MR) is 66.3 cm³/mol. The van der Waals surface area contributed by atoms with Crippen LogP contribution in [0.25, 0.3) is 0 Å². The van der Waals surface area contributed by atoms with Crippen LogP contribution in [0.2, 0.25) is 0 Å². The predicted octanol–water partition coefficient (Wildman–Crippen LogP) is 0.402. The summed E-state index contributed by atoms with van der Waals surface area (Å²) in [5, 5.41) is 0. The van der Waals surface area contributed by atoms with Crippen LogP contribution in [0, 0.1) is 5.82 Å². The van der Waals surface area contributed by atoms with E-state index in [0.29, 0.717) is 0 Å². The zero-order valence-corrected chi connectivity index (χ0v) is 11.4. The number of fused-ring (bicyclic) bond motifs is 1. The summed E-state index contributed by atoms with van der Waals surface area (Å²) in [7, 11) is 0. The normalized spacial score (nSPS) is 35.2. The van der Waals surface area contributed by atoms with Gasteiger partial charge >= 0.3 is 5.69 Å². The van der Waals surface area contributed by atoms with Crippen molar-refractivity contribution in [3.63, 3.8) is 0 Å². The Labute approximate surface area is 114 Å². The summed E-state index contributed by atoms with van der Waals surface area (Å²) in [6.07, 6.45) is -0.893. The van der Waals surface area contributed by atoms with Crippen molar-refractivity contribution in [2.75, 3.05) is 5.73 Å². The molecule has 20 heavy (non-hydrogen) atoms. The Balaban J connectivity index is 1.99. The Bertz CT molecular complexity index is 603. The van der Waals surface area contributed by atoms with Crippen LogP contribution in [0.5, 0.6) is 0 Å². The number of halogens is 1. The zero-order chi connectivity index (χ0) is 14.7. The molecule has 2 aliphatic rings. The lowest BCUT2D eigenvalue weighted by atomic mass is 10.1. The second kappa shape index (κ2) is 4.24. The van der Waals surface area contributed by atoms with Gasteiger partial charge in [0.2, 0.25) is 0 Å². The van der Waals surface area contributed by atoms with E-state index in [9.17, 15) is 9.18 Å². The average Bonchev–Trinajstić information content (AvgIpc) is 2.80. The van der Waals surface area contributed by atoms with Gasteiger partial charge in [0.25, 0.3) is 0 Å². The fraction of sp³-hybridized carbons (Fsp3) is 0.667. The summed E-state index contributed by atoms with van der Waals surface area (Å²) in [4.78, 5) is 15.3. The number of rotatable bonds is 1. The van der Waals surface area contributed by atoms with E-state index in [1.807, 2.05) is 6.92 Å². The van der Waals surface area contributed by atoms with Crippen LogP contribution in [0.15, 0.2) is 11.0 Å². The van der Waals surface area contributed by atoms with Gasteiger partial charge in [-0.05, 0) is 20.8 Å². The summed E-state index contributed by atoms with van der Waals surface area (Å²) < 4.78 is 31.7. The molecule has 0 radical (unpaired) electrons. The van der Waals surface area contributed by atoms with Crippen LogP contribution >= 0.6 is 0 Å². The van der Waals surface area contributed by atoms with Crippen LogP contribution in [-0.2, 0) is 14.2 Å². The number of hydrogen-bond donors (Lipinski definition) is 1. The topological polar surface area (TPSA) is 88.6 Å². The molecule has 2 fully saturated rings. The second-order valence-electron chi connectivity index (χ2n) is 5.46. The maximum absolute atomic E-state index is 13.5. The maximum atomic E-state index is 13.5. The highest BCUT2D eigenvalue weighted by atomic mass is 19.1. The minimum atomic E-state index is -0.785. The Morgan fingerprint density at radius 2 is 2.05 bits per heavy atom. The van der Waals surface area contributed by atoms with E-state index in [1.165, 1.54) is 0 Å². The molecule has 0 aliphatic carbocycles. The fourth-order valence-corrected chi connectivity index (χ4v) is 2.64. The van der Waals surface area contributed by atoms with Gasteiger partial charge < -0.3 is 19.9 Å². The minimum absolute atomic E-state index is 0.278. The van der Waals surface area contributed by atoms with Crippen LogP contribution in [0.4, 0.5) is 10.2 Å². The van der Waals surface area contributed by atoms with Crippen molar-refractivity contribution < 1.29 is 18.6 Å². The standard InChI is InChI=1S/C12H16FN3O4/c1-5-7-8(20-12(2,3)19-7)10(18-5)16-4-6(13)9(14)15-11(16)17/h4-5,7-8,10H,1-3H3,(H2,14,15,17)/t5-,7-,8-,10-/m1/s1. The molecule has 0 unspecified atom stereocenters.